The first kappa shape index (κ1) is 7.02. The molecule has 0 aliphatic rings. The maximum absolute atomic E-state index is 4.23. The zero-order valence-corrected chi connectivity index (χ0v) is 6.94. The molecule has 5 nitrogen and oxygen atoms in total. The summed E-state index contributed by atoms with van der Waals surface area (Å²) < 4.78 is 1.86. The van der Waals surface area contributed by atoms with E-state index in [4.69, 9.17) is 0 Å². The molecule has 0 aliphatic carbocycles. The Morgan fingerprint density at radius 2 is 2.25 bits per heavy atom. The van der Waals surface area contributed by atoms with Crippen molar-refractivity contribution in [2.24, 2.45) is 7.05 Å². The second kappa shape index (κ2) is 2.44. The quantitative estimate of drug-likeness (QED) is 0.661. The van der Waals surface area contributed by atoms with Gasteiger partial charge in [-0.3, -0.25) is 0 Å². The summed E-state index contributed by atoms with van der Waals surface area (Å²) in [6.07, 6.45) is 3.42. The van der Waals surface area contributed by atoms with Gasteiger partial charge in [-0.1, -0.05) is 0 Å². The van der Waals surface area contributed by atoms with Crippen LogP contribution in [-0.2, 0) is 7.05 Å². The van der Waals surface area contributed by atoms with E-state index in [0.29, 0.717) is 5.95 Å². The fourth-order valence-electron chi connectivity index (χ4n) is 1.04. The molecule has 0 saturated heterocycles. The average Bonchev–Trinajstić information content (AvgIpc) is 2.47. The lowest BCUT2D eigenvalue weighted by Gasteiger charge is -1.97. The van der Waals surface area contributed by atoms with Crippen LogP contribution >= 0.6 is 0 Å². The molecule has 2 rings (SSSR count). The Bertz CT molecular complexity index is 405. The lowest BCUT2D eigenvalue weighted by atomic mass is 10.5. The summed E-state index contributed by atoms with van der Waals surface area (Å²) in [6, 6.07) is 0. The SMILES string of the molecule is CNc1ncc2ncn(C)c2n1. The summed E-state index contributed by atoms with van der Waals surface area (Å²) in [7, 11) is 3.69. The molecule has 0 aliphatic heterocycles. The number of rotatable bonds is 1. The van der Waals surface area contributed by atoms with Gasteiger partial charge in [-0.15, -0.1) is 0 Å². The zero-order valence-electron chi connectivity index (χ0n) is 6.94. The number of imidazole rings is 1. The van der Waals surface area contributed by atoms with Gasteiger partial charge < -0.3 is 9.88 Å². The van der Waals surface area contributed by atoms with Crippen LogP contribution in [0.25, 0.3) is 11.2 Å². The molecule has 0 aromatic carbocycles. The van der Waals surface area contributed by atoms with Crippen molar-refractivity contribution >= 4 is 17.1 Å². The standard InChI is InChI=1S/C7H9N5/c1-8-7-9-3-5-6(11-7)12(2)4-10-5/h3-4H,1-2H3,(H,8,9,11). The van der Waals surface area contributed by atoms with Crippen molar-refractivity contribution in [2.45, 2.75) is 0 Å². The summed E-state index contributed by atoms with van der Waals surface area (Å²) in [5.41, 5.74) is 1.66. The second-order valence-electron chi connectivity index (χ2n) is 2.51. The first-order chi connectivity index (χ1) is 5.81. The van der Waals surface area contributed by atoms with E-state index in [0.717, 1.165) is 11.2 Å². The molecule has 2 aromatic rings. The van der Waals surface area contributed by atoms with Crippen LogP contribution in [-0.4, -0.2) is 26.6 Å². The van der Waals surface area contributed by atoms with Crippen LogP contribution in [0.5, 0.6) is 0 Å². The highest BCUT2D eigenvalue weighted by molar-refractivity contribution is 5.70. The number of fused-ring (bicyclic) bond motifs is 1. The molecule has 0 atom stereocenters. The van der Waals surface area contributed by atoms with Gasteiger partial charge >= 0.3 is 0 Å². The van der Waals surface area contributed by atoms with E-state index in [2.05, 4.69) is 20.3 Å². The molecule has 2 aromatic heterocycles. The normalized spacial score (nSPS) is 10.5. The first-order valence-electron chi connectivity index (χ1n) is 3.63. The predicted octanol–water partition coefficient (Wildman–Crippen LogP) is 0.405. The van der Waals surface area contributed by atoms with Gasteiger partial charge in [0.2, 0.25) is 5.95 Å². The molecular formula is C7H9N5. The molecule has 5 heteroatoms. The summed E-state index contributed by atoms with van der Waals surface area (Å²) in [6.45, 7) is 0. The van der Waals surface area contributed by atoms with E-state index in [1.807, 2.05) is 11.6 Å². The van der Waals surface area contributed by atoms with Gasteiger partial charge in [-0.2, -0.15) is 4.98 Å². The van der Waals surface area contributed by atoms with Gasteiger partial charge in [-0.05, 0) is 0 Å². The summed E-state index contributed by atoms with van der Waals surface area (Å²) in [4.78, 5) is 12.4. The van der Waals surface area contributed by atoms with Crippen LogP contribution < -0.4 is 5.32 Å². The third kappa shape index (κ3) is 0.903. The van der Waals surface area contributed by atoms with Gasteiger partial charge in [0.25, 0.3) is 0 Å². The Morgan fingerprint density at radius 1 is 1.42 bits per heavy atom. The van der Waals surface area contributed by atoms with Crippen molar-refractivity contribution in [3.8, 4) is 0 Å². The van der Waals surface area contributed by atoms with Crippen molar-refractivity contribution in [1.29, 1.82) is 0 Å². The molecule has 0 amide bonds. The Kier molecular flexibility index (Phi) is 1.43. The van der Waals surface area contributed by atoms with Crippen molar-refractivity contribution in [3.63, 3.8) is 0 Å². The van der Waals surface area contributed by atoms with Crippen LogP contribution in [0.3, 0.4) is 0 Å². The van der Waals surface area contributed by atoms with Gasteiger partial charge in [0.1, 0.15) is 5.52 Å². The third-order valence-electron chi connectivity index (χ3n) is 1.68. The summed E-state index contributed by atoms with van der Waals surface area (Å²) in [5.74, 6) is 0.617. The molecule has 0 fully saturated rings. The molecule has 0 unspecified atom stereocenters. The number of hydrogen-bond acceptors (Lipinski definition) is 4. The highest BCUT2D eigenvalue weighted by atomic mass is 15.2. The predicted molar refractivity (Wildman–Crippen MR) is 45.9 cm³/mol. The monoisotopic (exact) mass is 163 g/mol. The number of nitrogens with zero attached hydrogens (tertiary/aromatic N) is 4. The van der Waals surface area contributed by atoms with E-state index in [9.17, 15) is 0 Å². The van der Waals surface area contributed by atoms with Crippen LogP contribution in [0, 0.1) is 0 Å². The smallest absolute Gasteiger partial charge is 0.224 e. The maximum atomic E-state index is 4.23. The maximum Gasteiger partial charge on any atom is 0.224 e. The summed E-state index contributed by atoms with van der Waals surface area (Å²) >= 11 is 0. The Labute approximate surface area is 69.5 Å². The van der Waals surface area contributed by atoms with Crippen LogP contribution in [0.2, 0.25) is 0 Å². The number of aryl methyl sites for hydroxylation is 1. The van der Waals surface area contributed by atoms with E-state index >= 15 is 0 Å². The minimum Gasteiger partial charge on any atom is -0.357 e. The number of hydrogen-bond donors (Lipinski definition) is 1. The van der Waals surface area contributed by atoms with E-state index in [1.54, 1.807) is 19.6 Å². The lowest BCUT2D eigenvalue weighted by molar-refractivity contribution is 0.928. The van der Waals surface area contributed by atoms with E-state index in [-0.39, 0.29) is 0 Å². The van der Waals surface area contributed by atoms with Gasteiger partial charge in [0.05, 0.1) is 12.5 Å². The van der Waals surface area contributed by atoms with Gasteiger partial charge in [0, 0.05) is 14.1 Å². The van der Waals surface area contributed by atoms with Crippen molar-refractivity contribution in [1.82, 2.24) is 19.5 Å². The molecule has 2 heterocycles. The Balaban J connectivity index is 2.71. The minimum absolute atomic E-state index is 0.617. The average molecular weight is 163 g/mol. The largest absolute Gasteiger partial charge is 0.357 e. The van der Waals surface area contributed by atoms with E-state index in [1.165, 1.54) is 0 Å². The molecule has 0 bridgehead atoms. The molecule has 12 heavy (non-hydrogen) atoms. The van der Waals surface area contributed by atoms with Crippen LogP contribution in [0.1, 0.15) is 0 Å². The molecule has 62 valence electrons. The van der Waals surface area contributed by atoms with Gasteiger partial charge in [-0.25, -0.2) is 9.97 Å². The van der Waals surface area contributed by atoms with Crippen LogP contribution in [0.15, 0.2) is 12.5 Å². The van der Waals surface area contributed by atoms with Crippen molar-refractivity contribution in [3.05, 3.63) is 12.5 Å². The molecule has 0 radical (unpaired) electrons. The topological polar surface area (TPSA) is 55.6 Å². The molecular weight excluding hydrogens is 154 g/mol. The first-order valence-corrected chi connectivity index (χ1v) is 3.63. The lowest BCUT2D eigenvalue weighted by Crippen LogP contribution is -1.97. The van der Waals surface area contributed by atoms with Gasteiger partial charge in [0.15, 0.2) is 5.65 Å². The number of aromatic nitrogens is 4. The highest BCUT2D eigenvalue weighted by Crippen LogP contribution is 2.08. The fraction of sp³-hybridized carbons (Fsp3) is 0.286. The number of nitrogens with one attached hydrogen (secondary N) is 1. The second-order valence-corrected chi connectivity index (χ2v) is 2.51. The van der Waals surface area contributed by atoms with Crippen molar-refractivity contribution in [2.75, 3.05) is 12.4 Å². The molecule has 0 spiro atoms. The fourth-order valence-corrected chi connectivity index (χ4v) is 1.04. The van der Waals surface area contributed by atoms with Crippen LogP contribution in [0.4, 0.5) is 5.95 Å². The minimum atomic E-state index is 0.617. The van der Waals surface area contributed by atoms with Crippen molar-refractivity contribution < 1.29 is 0 Å². The Morgan fingerprint density at radius 3 is 3.00 bits per heavy atom. The van der Waals surface area contributed by atoms with E-state index < -0.39 is 0 Å². The number of anilines is 1. The highest BCUT2D eigenvalue weighted by Gasteiger charge is 2.01. The zero-order chi connectivity index (χ0) is 8.55. The molecule has 1 N–H and O–H groups in total. The molecule has 0 saturated carbocycles. The summed E-state index contributed by atoms with van der Waals surface area (Å²) in [5, 5.41) is 2.87. The third-order valence-corrected chi connectivity index (χ3v) is 1.68. The Hall–Kier alpha value is -1.65.